The fourth-order valence-electron chi connectivity index (χ4n) is 3.04. The first kappa shape index (κ1) is 17.4. The van der Waals surface area contributed by atoms with Crippen molar-refractivity contribution in [3.8, 4) is 16.9 Å². The van der Waals surface area contributed by atoms with E-state index in [9.17, 15) is 13.6 Å². The van der Waals surface area contributed by atoms with Crippen LogP contribution in [0.1, 0.15) is 5.56 Å². The molecule has 0 radical (unpaired) electrons. The lowest BCUT2D eigenvalue weighted by Crippen LogP contribution is -2.18. The van der Waals surface area contributed by atoms with Gasteiger partial charge in [-0.3, -0.25) is 9.69 Å². The van der Waals surface area contributed by atoms with E-state index in [1.807, 2.05) is 12.1 Å². The van der Waals surface area contributed by atoms with Gasteiger partial charge in [-0.2, -0.15) is 0 Å². The van der Waals surface area contributed by atoms with Gasteiger partial charge in [0.25, 0.3) is 0 Å². The van der Waals surface area contributed by atoms with Gasteiger partial charge in [-0.1, -0.05) is 17.7 Å². The largest absolute Gasteiger partial charge is 0.493 e. The Hall–Kier alpha value is -2.99. The minimum Gasteiger partial charge on any atom is -0.493 e. The summed E-state index contributed by atoms with van der Waals surface area (Å²) in [4.78, 5) is 16.5. The van der Waals surface area contributed by atoms with Crippen LogP contribution < -0.4 is 9.64 Å². The molecule has 4 nitrogen and oxygen atoms in total. The number of fused-ring (bicyclic) bond motifs is 1. The lowest BCUT2D eigenvalue weighted by molar-refractivity contribution is -0.106. The Morgan fingerprint density at radius 3 is 2.59 bits per heavy atom. The maximum absolute atomic E-state index is 14.0. The number of hydrogen-bond donors (Lipinski definition) is 0. The van der Waals surface area contributed by atoms with Gasteiger partial charge in [-0.15, -0.1) is 0 Å². The molecular formula is C20H13ClF2N2O2. The molecule has 1 aromatic heterocycles. The van der Waals surface area contributed by atoms with Gasteiger partial charge < -0.3 is 4.74 Å². The second-order valence-corrected chi connectivity index (χ2v) is 6.40. The Labute approximate surface area is 159 Å². The van der Waals surface area contributed by atoms with Gasteiger partial charge in [-0.05, 0) is 42.0 Å². The van der Waals surface area contributed by atoms with Crippen molar-refractivity contribution in [2.45, 2.75) is 6.42 Å². The average Bonchev–Trinajstić information content (AvgIpc) is 3.12. The van der Waals surface area contributed by atoms with Crippen LogP contribution in [0.3, 0.4) is 0 Å². The number of rotatable bonds is 4. The first-order valence-corrected chi connectivity index (χ1v) is 8.56. The molecule has 0 unspecified atom stereocenters. The third-order valence-electron chi connectivity index (χ3n) is 4.37. The first-order chi connectivity index (χ1) is 13.1. The Morgan fingerprint density at radius 1 is 1.15 bits per heavy atom. The lowest BCUT2D eigenvalue weighted by atomic mass is 10.0. The number of ether oxygens (including phenoxy) is 1. The van der Waals surface area contributed by atoms with Gasteiger partial charge in [0.1, 0.15) is 28.9 Å². The standard InChI is InChI=1S/C20H13ClF2N2O2/c21-15-8-12-6-7-27-18(12)9-14(15)13-4-5-19(24-10-13)25(11-26)20-16(22)2-1-3-17(20)23/h1-5,8-11H,6-7H2. The number of amides is 1. The molecule has 1 aliphatic rings. The van der Waals surface area contributed by atoms with E-state index in [-0.39, 0.29) is 5.82 Å². The van der Waals surface area contributed by atoms with Crippen LogP contribution in [-0.2, 0) is 11.2 Å². The second-order valence-electron chi connectivity index (χ2n) is 5.99. The Kier molecular flexibility index (Phi) is 4.49. The molecule has 0 saturated carbocycles. The molecule has 7 heteroatoms. The van der Waals surface area contributed by atoms with E-state index >= 15 is 0 Å². The molecular weight excluding hydrogens is 374 g/mol. The summed E-state index contributed by atoms with van der Waals surface area (Å²) in [7, 11) is 0. The van der Waals surface area contributed by atoms with Crippen LogP contribution in [0.15, 0.2) is 48.7 Å². The number of para-hydroxylation sites is 1. The van der Waals surface area contributed by atoms with E-state index < -0.39 is 17.3 Å². The predicted octanol–water partition coefficient (Wildman–Crippen LogP) is 4.91. The van der Waals surface area contributed by atoms with Crippen LogP contribution in [0.5, 0.6) is 5.75 Å². The number of carbonyl (C=O) groups excluding carboxylic acids is 1. The molecule has 1 aliphatic heterocycles. The van der Waals surface area contributed by atoms with E-state index in [1.165, 1.54) is 18.3 Å². The Morgan fingerprint density at radius 2 is 1.93 bits per heavy atom. The van der Waals surface area contributed by atoms with E-state index in [2.05, 4.69) is 4.98 Å². The molecule has 0 fully saturated rings. The SMILES string of the molecule is O=CN(c1ccc(-c2cc3c(cc2Cl)CCO3)cn1)c1c(F)cccc1F. The molecule has 0 atom stereocenters. The van der Waals surface area contributed by atoms with Gasteiger partial charge in [0, 0.05) is 28.8 Å². The van der Waals surface area contributed by atoms with Crippen molar-refractivity contribution in [1.82, 2.24) is 4.98 Å². The van der Waals surface area contributed by atoms with E-state index in [1.54, 1.807) is 6.07 Å². The predicted molar refractivity (Wildman–Crippen MR) is 98.4 cm³/mol. The molecule has 1 amide bonds. The number of anilines is 2. The number of hydrogen-bond acceptors (Lipinski definition) is 3. The van der Waals surface area contributed by atoms with Gasteiger partial charge in [0.15, 0.2) is 0 Å². The summed E-state index contributed by atoms with van der Waals surface area (Å²) >= 11 is 6.36. The molecule has 2 aromatic carbocycles. The summed E-state index contributed by atoms with van der Waals surface area (Å²) in [6, 6.07) is 10.3. The highest BCUT2D eigenvalue weighted by Crippen LogP contribution is 2.37. The highest BCUT2D eigenvalue weighted by atomic mass is 35.5. The van der Waals surface area contributed by atoms with Crippen molar-refractivity contribution in [1.29, 1.82) is 0 Å². The van der Waals surface area contributed by atoms with Crippen molar-refractivity contribution in [2.75, 3.05) is 11.5 Å². The summed E-state index contributed by atoms with van der Waals surface area (Å²) in [6.45, 7) is 0.620. The highest BCUT2D eigenvalue weighted by Gasteiger charge is 2.20. The normalized spacial score (nSPS) is 12.4. The van der Waals surface area contributed by atoms with Crippen LogP contribution in [0.2, 0.25) is 5.02 Å². The summed E-state index contributed by atoms with van der Waals surface area (Å²) < 4.78 is 33.6. The lowest BCUT2D eigenvalue weighted by Gasteiger charge is -2.18. The third kappa shape index (κ3) is 3.13. The maximum atomic E-state index is 14.0. The van der Waals surface area contributed by atoms with Crippen LogP contribution in [0.4, 0.5) is 20.3 Å². The fraction of sp³-hybridized carbons (Fsp3) is 0.100. The number of nitrogens with zero attached hydrogens (tertiary/aromatic N) is 2. The first-order valence-electron chi connectivity index (χ1n) is 8.18. The second kappa shape index (κ2) is 6.96. The maximum Gasteiger partial charge on any atom is 0.220 e. The van der Waals surface area contributed by atoms with Crippen LogP contribution in [-0.4, -0.2) is 18.0 Å². The molecule has 0 aliphatic carbocycles. The van der Waals surface area contributed by atoms with E-state index in [4.69, 9.17) is 16.3 Å². The molecule has 4 rings (SSSR count). The van der Waals surface area contributed by atoms with Gasteiger partial charge in [-0.25, -0.2) is 13.8 Å². The smallest absolute Gasteiger partial charge is 0.220 e. The van der Waals surface area contributed by atoms with Crippen molar-refractivity contribution in [2.24, 2.45) is 0 Å². The topological polar surface area (TPSA) is 42.4 Å². The summed E-state index contributed by atoms with van der Waals surface area (Å²) in [6.07, 6.45) is 2.63. The third-order valence-corrected chi connectivity index (χ3v) is 4.68. The Bertz CT molecular complexity index is 1000. The van der Waals surface area contributed by atoms with Crippen LogP contribution >= 0.6 is 11.6 Å². The monoisotopic (exact) mass is 386 g/mol. The van der Waals surface area contributed by atoms with Crippen LogP contribution in [0.25, 0.3) is 11.1 Å². The van der Waals surface area contributed by atoms with E-state index in [0.29, 0.717) is 23.6 Å². The minimum absolute atomic E-state index is 0.0892. The molecule has 0 N–H and O–H groups in total. The molecule has 3 aromatic rings. The zero-order valence-electron chi connectivity index (χ0n) is 14.0. The molecule has 27 heavy (non-hydrogen) atoms. The highest BCUT2D eigenvalue weighted by molar-refractivity contribution is 6.33. The number of halogens is 3. The molecule has 0 spiro atoms. The summed E-state index contributed by atoms with van der Waals surface area (Å²) in [5, 5.41) is 0.557. The molecule has 136 valence electrons. The van der Waals surface area contributed by atoms with E-state index in [0.717, 1.165) is 40.3 Å². The Balaban J connectivity index is 1.71. The van der Waals surface area contributed by atoms with Gasteiger partial charge in [0.05, 0.1) is 6.61 Å². The summed E-state index contributed by atoms with van der Waals surface area (Å²) in [5.41, 5.74) is 2.00. The summed E-state index contributed by atoms with van der Waals surface area (Å²) in [5.74, 6) is -0.841. The van der Waals surface area contributed by atoms with Gasteiger partial charge >= 0.3 is 0 Å². The van der Waals surface area contributed by atoms with Crippen molar-refractivity contribution in [3.63, 3.8) is 0 Å². The van der Waals surface area contributed by atoms with Crippen molar-refractivity contribution in [3.05, 3.63) is 70.9 Å². The zero-order valence-corrected chi connectivity index (χ0v) is 14.7. The number of aromatic nitrogens is 1. The number of benzene rings is 2. The average molecular weight is 387 g/mol. The van der Waals surface area contributed by atoms with Gasteiger partial charge in [0.2, 0.25) is 6.41 Å². The quantitative estimate of drug-likeness (QED) is 0.598. The molecule has 0 saturated heterocycles. The number of carbonyl (C=O) groups is 1. The molecule has 2 heterocycles. The minimum atomic E-state index is -0.855. The number of pyridine rings is 1. The zero-order chi connectivity index (χ0) is 19.0. The fourth-order valence-corrected chi connectivity index (χ4v) is 3.34. The molecule has 0 bridgehead atoms. The van der Waals surface area contributed by atoms with Crippen molar-refractivity contribution < 1.29 is 18.3 Å². The van der Waals surface area contributed by atoms with Crippen molar-refractivity contribution >= 4 is 29.5 Å². The van der Waals surface area contributed by atoms with Crippen LogP contribution in [0, 0.1) is 11.6 Å².